The zero-order chi connectivity index (χ0) is 25.7. The molecule has 36 heavy (non-hydrogen) atoms. The Morgan fingerprint density at radius 1 is 1.11 bits per heavy atom. The highest BCUT2D eigenvalue weighted by atomic mass is 19.1. The summed E-state index contributed by atoms with van der Waals surface area (Å²) in [4.78, 5) is 27.5. The second kappa shape index (κ2) is 11.5. The van der Waals surface area contributed by atoms with E-state index in [1.165, 1.54) is 12.1 Å². The number of aryl methyl sites for hydroxylation is 3. The van der Waals surface area contributed by atoms with E-state index in [0.29, 0.717) is 25.5 Å². The molecule has 0 spiro atoms. The number of hydrogen-bond acceptors (Lipinski definition) is 5. The van der Waals surface area contributed by atoms with Gasteiger partial charge in [0.05, 0.1) is 6.10 Å². The SMILES string of the molecule is Cc1cc(C)c(-c2cc(C(=O)N(CCC(=O)NCc3ccc(F)cc3)C[C@@H]3CCCO3)no2)c(C)c1. The van der Waals surface area contributed by atoms with Gasteiger partial charge in [-0.05, 0) is 62.4 Å². The van der Waals surface area contributed by atoms with Crippen molar-refractivity contribution in [2.75, 3.05) is 19.7 Å². The highest BCUT2D eigenvalue weighted by molar-refractivity contribution is 5.93. The van der Waals surface area contributed by atoms with Crippen LogP contribution in [0.4, 0.5) is 4.39 Å². The van der Waals surface area contributed by atoms with E-state index >= 15 is 0 Å². The first-order chi connectivity index (χ1) is 17.3. The van der Waals surface area contributed by atoms with Crippen LogP contribution in [0.1, 0.15) is 52.0 Å². The molecular weight excluding hydrogens is 461 g/mol. The molecular formula is C28H32FN3O4. The lowest BCUT2D eigenvalue weighted by molar-refractivity contribution is -0.121. The van der Waals surface area contributed by atoms with Crippen LogP contribution in [0.25, 0.3) is 11.3 Å². The monoisotopic (exact) mass is 493 g/mol. The quantitative estimate of drug-likeness (QED) is 0.466. The first-order valence-electron chi connectivity index (χ1n) is 12.3. The minimum absolute atomic E-state index is 0.0656. The van der Waals surface area contributed by atoms with Crippen LogP contribution < -0.4 is 5.32 Å². The van der Waals surface area contributed by atoms with E-state index in [1.54, 1.807) is 23.1 Å². The zero-order valence-corrected chi connectivity index (χ0v) is 21.0. The van der Waals surface area contributed by atoms with Gasteiger partial charge in [0.1, 0.15) is 5.82 Å². The molecule has 1 N–H and O–H groups in total. The third-order valence-electron chi connectivity index (χ3n) is 6.40. The van der Waals surface area contributed by atoms with Gasteiger partial charge in [0.25, 0.3) is 5.91 Å². The lowest BCUT2D eigenvalue weighted by atomic mass is 9.98. The molecule has 0 unspecified atom stereocenters. The van der Waals surface area contributed by atoms with Gasteiger partial charge in [0.2, 0.25) is 5.91 Å². The Labute approximate surface area is 210 Å². The Morgan fingerprint density at radius 3 is 2.50 bits per heavy atom. The first kappa shape index (κ1) is 25.6. The molecule has 3 aromatic rings. The molecule has 2 amide bonds. The number of rotatable bonds is 9. The number of ether oxygens (including phenoxy) is 1. The number of hydrogen-bond donors (Lipinski definition) is 1. The number of nitrogens with zero attached hydrogens (tertiary/aromatic N) is 2. The van der Waals surface area contributed by atoms with Crippen LogP contribution in [0.2, 0.25) is 0 Å². The van der Waals surface area contributed by atoms with Gasteiger partial charge in [-0.15, -0.1) is 0 Å². The van der Waals surface area contributed by atoms with Gasteiger partial charge in [-0.2, -0.15) is 0 Å². The predicted molar refractivity (Wildman–Crippen MR) is 134 cm³/mol. The second-order valence-corrected chi connectivity index (χ2v) is 9.39. The van der Waals surface area contributed by atoms with Crippen molar-refractivity contribution in [2.24, 2.45) is 0 Å². The van der Waals surface area contributed by atoms with Gasteiger partial charge in [-0.1, -0.05) is 35.0 Å². The summed E-state index contributed by atoms with van der Waals surface area (Å²) in [5, 5.41) is 6.89. The van der Waals surface area contributed by atoms with Gasteiger partial charge in [0.15, 0.2) is 11.5 Å². The van der Waals surface area contributed by atoms with Crippen LogP contribution in [0.3, 0.4) is 0 Å². The molecule has 2 heterocycles. The van der Waals surface area contributed by atoms with E-state index in [1.807, 2.05) is 20.8 Å². The summed E-state index contributed by atoms with van der Waals surface area (Å²) in [6.07, 6.45) is 1.88. The smallest absolute Gasteiger partial charge is 0.276 e. The summed E-state index contributed by atoms with van der Waals surface area (Å²) >= 11 is 0. The van der Waals surface area contributed by atoms with Gasteiger partial charge in [-0.25, -0.2) is 4.39 Å². The van der Waals surface area contributed by atoms with Crippen molar-refractivity contribution >= 4 is 11.8 Å². The molecule has 1 aromatic heterocycles. The highest BCUT2D eigenvalue weighted by Crippen LogP contribution is 2.29. The van der Waals surface area contributed by atoms with Crippen molar-refractivity contribution < 1.29 is 23.2 Å². The maximum atomic E-state index is 13.4. The van der Waals surface area contributed by atoms with Gasteiger partial charge >= 0.3 is 0 Å². The lowest BCUT2D eigenvalue weighted by Crippen LogP contribution is -2.40. The summed E-state index contributed by atoms with van der Waals surface area (Å²) in [5.41, 5.74) is 5.19. The molecule has 1 atom stereocenters. The number of benzene rings is 2. The summed E-state index contributed by atoms with van der Waals surface area (Å²) in [6.45, 7) is 7.62. The number of nitrogens with one attached hydrogen (secondary N) is 1. The highest BCUT2D eigenvalue weighted by Gasteiger charge is 2.26. The van der Waals surface area contributed by atoms with Crippen LogP contribution in [-0.2, 0) is 16.1 Å². The van der Waals surface area contributed by atoms with E-state index in [4.69, 9.17) is 9.26 Å². The van der Waals surface area contributed by atoms with Crippen molar-refractivity contribution in [3.63, 3.8) is 0 Å². The summed E-state index contributed by atoms with van der Waals surface area (Å²) < 4.78 is 24.4. The van der Waals surface area contributed by atoms with E-state index < -0.39 is 0 Å². The number of aromatic nitrogens is 1. The normalized spacial score (nSPS) is 15.2. The van der Waals surface area contributed by atoms with Crippen molar-refractivity contribution in [1.82, 2.24) is 15.4 Å². The molecule has 0 radical (unpaired) electrons. The molecule has 1 aliphatic rings. The summed E-state index contributed by atoms with van der Waals surface area (Å²) in [6, 6.07) is 11.8. The van der Waals surface area contributed by atoms with Crippen molar-refractivity contribution in [3.8, 4) is 11.3 Å². The van der Waals surface area contributed by atoms with Gasteiger partial charge in [-0.3, -0.25) is 9.59 Å². The van der Waals surface area contributed by atoms with Gasteiger partial charge < -0.3 is 19.5 Å². The fourth-order valence-electron chi connectivity index (χ4n) is 4.66. The minimum atomic E-state index is -0.322. The van der Waals surface area contributed by atoms with Crippen LogP contribution in [0, 0.1) is 26.6 Å². The molecule has 8 heteroatoms. The van der Waals surface area contributed by atoms with Crippen LogP contribution >= 0.6 is 0 Å². The molecule has 0 bridgehead atoms. The van der Waals surface area contributed by atoms with Gasteiger partial charge in [0, 0.05) is 44.3 Å². The Hall–Kier alpha value is -3.52. The van der Waals surface area contributed by atoms with E-state index in [2.05, 4.69) is 22.6 Å². The number of carbonyl (C=O) groups is 2. The summed E-state index contributed by atoms with van der Waals surface area (Å²) in [5.74, 6) is -0.273. The molecule has 0 saturated carbocycles. The Bertz CT molecular complexity index is 1190. The molecule has 0 aliphatic carbocycles. The Balaban J connectivity index is 1.43. The van der Waals surface area contributed by atoms with E-state index in [0.717, 1.165) is 40.7 Å². The van der Waals surface area contributed by atoms with Crippen LogP contribution in [-0.4, -0.2) is 47.7 Å². The maximum Gasteiger partial charge on any atom is 0.276 e. The minimum Gasteiger partial charge on any atom is -0.376 e. The maximum absolute atomic E-state index is 13.4. The molecule has 4 rings (SSSR count). The number of amides is 2. The molecule has 2 aromatic carbocycles. The first-order valence-corrected chi connectivity index (χ1v) is 12.3. The fraction of sp³-hybridized carbons (Fsp3) is 0.393. The van der Waals surface area contributed by atoms with Crippen molar-refractivity contribution in [1.29, 1.82) is 0 Å². The fourth-order valence-corrected chi connectivity index (χ4v) is 4.66. The third-order valence-corrected chi connectivity index (χ3v) is 6.40. The molecule has 1 fully saturated rings. The Morgan fingerprint density at radius 2 is 1.83 bits per heavy atom. The average Bonchev–Trinajstić information content (AvgIpc) is 3.53. The van der Waals surface area contributed by atoms with Crippen molar-refractivity contribution in [3.05, 3.63) is 76.2 Å². The average molecular weight is 494 g/mol. The number of carbonyl (C=O) groups excluding carboxylic acids is 2. The predicted octanol–water partition coefficient (Wildman–Crippen LogP) is 4.73. The molecule has 1 aliphatic heterocycles. The van der Waals surface area contributed by atoms with E-state index in [9.17, 15) is 14.0 Å². The lowest BCUT2D eigenvalue weighted by Gasteiger charge is -2.24. The number of halogens is 1. The molecule has 1 saturated heterocycles. The largest absolute Gasteiger partial charge is 0.376 e. The van der Waals surface area contributed by atoms with Crippen LogP contribution in [0.5, 0.6) is 0 Å². The topological polar surface area (TPSA) is 84.7 Å². The molecule has 7 nitrogen and oxygen atoms in total. The van der Waals surface area contributed by atoms with Crippen molar-refractivity contribution in [2.45, 2.75) is 52.7 Å². The second-order valence-electron chi connectivity index (χ2n) is 9.39. The Kier molecular flexibility index (Phi) is 8.15. The van der Waals surface area contributed by atoms with Crippen LogP contribution in [0.15, 0.2) is 47.0 Å². The van der Waals surface area contributed by atoms with E-state index in [-0.39, 0.29) is 42.4 Å². The summed E-state index contributed by atoms with van der Waals surface area (Å²) in [7, 11) is 0. The third kappa shape index (κ3) is 6.37. The standard InChI is InChI=1S/C28H32FN3O4/c1-18-13-19(2)27(20(3)14-18)25-15-24(31-36-25)28(34)32(17-23-5-4-12-35-23)11-10-26(33)30-16-21-6-8-22(29)9-7-21/h6-9,13-15,23H,4-5,10-12,16-17H2,1-3H3,(H,30,33)/t23-/m0/s1. The zero-order valence-electron chi connectivity index (χ0n) is 21.0. The molecule has 190 valence electrons.